The van der Waals surface area contributed by atoms with Crippen molar-refractivity contribution in [3.8, 4) is 18.2 Å². The molecule has 0 saturated carbocycles. The van der Waals surface area contributed by atoms with Gasteiger partial charge in [-0.05, 0) is 35.2 Å². The van der Waals surface area contributed by atoms with Crippen molar-refractivity contribution in [2.24, 2.45) is 0 Å². The number of hydrogen-bond acceptors (Lipinski definition) is 4. The number of benzene rings is 3. The zero-order chi connectivity index (χ0) is 16.6. The van der Waals surface area contributed by atoms with Crippen LogP contribution in [0.1, 0.15) is 34.0 Å². The number of carbonyl (C=O) groups excluding carboxylic acids is 1. The first kappa shape index (κ1) is 14.3. The second kappa shape index (κ2) is 5.26. The van der Waals surface area contributed by atoms with E-state index in [9.17, 15) is 20.6 Å². The molecule has 0 radical (unpaired) electrons. The molecule has 0 aliphatic rings. The van der Waals surface area contributed by atoms with E-state index in [2.05, 4.69) is 0 Å². The Bertz CT molecular complexity index is 1120. The maximum atomic E-state index is 12.1. The molecule has 0 fully saturated rings. The van der Waals surface area contributed by atoms with Gasteiger partial charge in [-0.3, -0.25) is 4.79 Å². The van der Waals surface area contributed by atoms with E-state index in [4.69, 9.17) is 0 Å². The van der Waals surface area contributed by atoms with Gasteiger partial charge in [0.1, 0.15) is 18.2 Å². The van der Waals surface area contributed by atoms with Crippen molar-refractivity contribution in [1.29, 1.82) is 15.8 Å². The topological polar surface area (TPSA) is 88.4 Å². The third-order valence-electron chi connectivity index (χ3n) is 3.86. The van der Waals surface area contributed by atoms with E-state index in [0.29, 0.717) is 10.8 Å². The van der Waals surface area contributed by atoms with Crippen LogP contribution in [0.5, 0.6) is 0 Å². The summed E-state index contributed by atoms with van der Waals surface area (Å²) >= 11 is 0. The lowest BCUT2D eigenvalue weighted by atomic mass is 9.87. The summed E-state index contributed by atoms with van der Waals surface area (Å²) in [6.45, 7) is 1.36. The average Bonchev–Trinajstić information content (AvgIpc) is 2.57. The zero-order valence-electron chi connectivity index (χ0n) is 12.2. The zero-order valence-corrected chi connectivity index (χ0v) is 12.2. The molecule has 4 heteroatoms. The van der Waals surface area contributed by atoms with Crippen molar-refractivity contribution in [2.45, 2.75) is 6.92 Å². The Balaban J connectivity index is 2.70. The van der Waals surface area contributed by atoms with Gasteiger partial charge in [-0.2, -0.15) is 15.8 Å². The summed E-state index contributed by atoms with van der Waals surface area (Å²) in [7, 11) is 0. The van der Waals surface area contributed by atoms with Crippen LogP contribution in [-0.4, -0.2) is 5.78 Å². The second-order valence-corrected chi connectivity index (χ2v) is 5.14. The number of rotatable bonds is 1. The molecule has 3 rings (SSSR count). The minimum atomic E-state index is -0.303. The van der Waals surface area contributed by atoms with E-state index in [1.807, 2.05) is 42.5 Å². The fourth-order valence-electron chi connectivity index (χ4n) is 2.88. The number of fused-ring (bicyclic) bond motifs is 2. The standard InChI is InChI=1S/C19H9N3O/c1-11(23)19-15-7-13-5-3-2-4-12(13)6-14(15)16(8-20)17(9-21)18(19)10-22/h2-7H,1H3. The molecule has 3 aromatic rings. The number of nitriles is 3. The molecule has 0 bridgehead atoms. The van der Waals surface area contributed by atoms with Gasteiger partial charge in [0.05, 0.1) is 16.7 Å². The van der Waals surface area contributed by atoms with Crippen molar-refractivity contribution < 1.29 is 4.79 Å². The Kier molecular flexibility index (Phi) is 3.26. The van der Waals surface area contributed by atoms with Crippen LogP contribution in [0, 0.1) is 34.0 Å². The third kappa shape index (κ3) is 2.01. The second-order valence-electron chi connectivity index (χ2n) is 5.14. The minimum absolute atomic E-state index is 0.0284. The number of nitrogens with zero attached hydrogens (tertiary/aromatic N) is 3. The van der Waals surface area contributed by atoms with Crippen LogP contribution in [0.15, 0.2) is 36.4 Å². The smallest absolute Gasteiger partial charge is 0.161 e. The normalized spacial score (nSPS) is 10.0. The summed E-state index contributed by atoms with van der Waals surface area (Å²) in [6.07, 6.45) is 0. The van der Waals surface area contributed by atoms with Crippen LogP contribution in [0.2, 0.25) is 0 Å². The fourth-order valence-corrected chi connectivity index (χ4v) is 2.88. The number of hydrogen-bond donors (Lipinski definition) is 0. The van der Waals surface area contributed by atoms with Gasteiger partial charge in [-0.15, -0.1) is 0 Å². The summed E-state index contributed by atoms with van der Waals surface area (Å²) in [5.41, 5.74) is 0.265. The van der Waals surface area contributed by atoms with Crippen molar-refractivity contribution in [1.82, 2.24) is 0 Å². The van der Waals surface area contributed by atoms with Crippen LogP contribution in [-0.2, 0) is 0 Å². The SMILES string of the molecule is CC(=O)c1c(C#N)c(C#N)c(C#N)c2cc3ccccc3cc12. The van der Waals surface area contributed by atoms with Crippen LogP contribution < -0.4 is 0 Å². The Morgan fingerprint density at radius 2 is 1.35 bits per heavy atom. The van der Waals surface area contributed by atoms with E-state index < -0.39 is 0 Å². The molecule has 0 spiro atoms. The molecule has 0 unspecified atom stereocenters. The maximum Gasteiger partial charge on any atom is 0.161 e. The number of ketones is 1. The molecular weight excluding hydrogens is 286 g/mol. The van der Waals surface area contributed by atoms with Crippen LogP contribution >= 0.6 is 0 Å². The molecule has 0 atom stereocenters. The van der Waals surface area contributed by atoms with E-state index in [1.165, 1.54) is 6.92 Å². The lowest BCUT2D eigenvalue weighted by Crippen LogP contribution is -2.04. The minimum Gasteiger partial charge on any atom is -0.294 e. The van der Waals surface area contributed by atoms with Crippen molar-refractivity contribution in [2.75, 3.05) is 0 Å². The van der Waals surface area contributed by atoms with E-state index in [-0.39, 0.29) is 28.0 Å². The first-order chi connectivity index (χ1) is 11.1. The van der Waals surface area contributed by atoms with Gasteiger partial charge in [0.25, 0.3) is 0 Å². The number of carbonyl (C=O) groups is 1. The molecule has 0 saturated heterocycles. The first-order valence-corrected chi connectivity index (χ1v) is 6.86. The largest absolute Gasteiger partial charge is 0.294 e. The maximum absolute atomic E-state index is 12.1. The predicted molar refractivity (Wildman–Crippen MR) is 85.6 cm³/mol. The van der Waals surface area contributed by atoms with Crippen LogP contribution in [0.4, 0.5) is 0 Å². The molecule has 4 nitrogen and oxygen atoms in total. The summed E-state index contributed by atoms with van der Waals surface area (Å²) in [4.78, 5) is 12.1. The van der Waals surface area contributed by atoms with Gasteiger partial charge < -0.3 is 0 Å². The van der Waals surface area contributed by atoms with Gasteiger partial charge in [0.2, 0.25) is 0 Å². The van der Waals surface area contributed by atoms with Crippen molar-refractivity contribution in [3.63, 3.8) is 0 Å². The third-order valence-corrected chi connectivity index (χ3v) is 3.86. The molecule has 0 amide bonds. The summed E-state index contributed by atoms with van der Waals surface area (Å²) < 4.78 is 0. The molecule has 0 heterocycles. The molecular formula is C19H9N3O. The van der Waals surface area contributed by atoms with E-state index in [1.54, 1.807) is 12.1 Å². The van der Waals surface area contributed by atoms with Gasteiger partial charge in [0.15, 0.2) is 5.78 Å². The Hall–Kier alpha value is -3.68. The molecule has 106 valence electrons. The lowest BCUT2D eigenvalue weighted by Gasteiger charge is -2.12. The van der Waals surface area contributed by atoms with Gasteiger partial charge in [0, 0.05) is 10.9 Å². The highest BCUT2D eigenvalue weighted by Gasteiger charge is 2.22. The Morgan fingerprint density at radius 3 is 1.83 bits per heavy atom. The summed E-state index contributed by atoms with van der Waals surface area (Å²) in [6, 6.07) is 17.0. The summed E-state index contributed by atoms with van der Waals surface area (Å²) in [5.74, 6) is -0.303. The highest BCUT2D eigenvalue weighted by molar-refractivity contribution is 6.14. The van der Waals surface area contributed by atoms with Gasteiger partial charge in [-0.1, -0.05) is 24.3 Å². The highest BCUT2D eigenvalue weighted by atomic mass is 16.1. The Labute approximate surface area is 132 Å². The lowest BCUT2D eigenvalue weighted by molar-refractivity contribution is 0.101. The monoisotopic (exact) mass is 295 g/mol. The predicted octanol–water partition coefficient (Wildman–Crippen LogP) is 3.81. The number of Topliss-reactive ketones (excluding diaryl/α,β-unsaturated/α-hetero) is 1. The van der Waals surface area contributed by atoms with Gasteiger partial charge >= 0.3 is 0 Å². The average molecular weight is 295 g/mol. The van der Waals surface area contributed by atoms with Gasteiger partial charge in [-0.25, -0.2) is 0 Å². The Morgan fingerprint density at radius 1 is 0.826 bits per heavy atom. The molecule has 23 heavy (non-hydrogen) atoms. The van der Waals surface area contributed by atoms with Crippen LogP contribution in [0.3, 0.4) is 0 Å². The van der Waals surface area contributed by atoms with Crippen LogP contribution in [0.25, 0.3) is 21.5 Å². The molecule has 0 aliphatic carbocycles. The first-order valence-electron chi connectivity index (χ1n) is 6.86. The molecule has 0 aromatic heterocycles. The summed E-state index contributed by atoms with van der Waals surface area (Å²) in [5, 5.41) is 31.1. The van der Waals surface area contributed by atoms with Crippen molar-refractivity contribution in [3.05, 3.63) is 58.7 Å². The molecule has 0 aliphatic heterocycles. The fraction of sp³-hybridized carbons (Fsp3) is 0.0526. The molecule has 3 aromatic carbocycles. The highest BCUT2D eigenvalue weighted by Crippen LogP contribution is 2.33. The van der Waals surface area contributed by atoms with E-state index in [0.717, 1.165) is 10.8 Å². The quantitative estimate of drug-likeness (QED) is 0.504. The van der Waals surface area contributed by atoms with E-state index >= 15 is 0 Å². The molecule has 0 N–H and O–H groups in total. The van der Waals surface area contributed by atoms with Crippen molar-refractivity contribution >= 4 is 27.3 Å².